The van der Waals surface area contributed by atoms with Crippen LogP contribution in [0.1, 0.15) is 30.4 Å². The smallest absolute Gasteiger partial charge is 0.383 e. The van der Waals surface area contributed by atoms with E-state index in [0.29, 0.717) is 50.6 Å². The molecule has 3 rings (SSSR count). The second-order valence-corrected chi connectivity index (χ2v) is 9.74. The van der Waals surface area contributed by atoms with Gasteiger partial charge in [0.2, 0.25) is 5.91 Å². The second kappa shape index (κ2) is 13.5. The van der Waals surface area contributed by atoms with Gasteiger partial charge in [-0.15, -0.1) is 0 Å². The molecule has 2 heterocycles. The zero-order valence-corrected chi connectivity index (χ0v) is 23.3. The third kappa shape index (κ3) is 9.09. The normalized spacial score (nSPS) is 12.7. The maximum absolute atomic E-state index is 13.5. The Kier molecular flexibility index (Phi) is 10.5. The van der Waals surface area contributed by atoms with E-state index in [-0.39, 0.29) is 47.8 Å². The van der Waals surface area contributed by atoms with E-state index in [9.17, 15) is 44.3 Å². The Balaban J connectivity index is 1.69. The Morgan fingerprint density at radius 1 is 0.932 bits per heavy atom. The number of carbonyl (C=O) groups excluding carboxylic acids is 1. The molecule has 3 aromatic rings. The third-order valence-corrected chi connectivity index (χ3v) is 6.51. The van der Waals surface area contributed by atoms with Crippen molar-refractivity contribution in [2.45, 2.75) is 44.3 Å². The van der Waals surface area contributed by atoms with Gasteiger partial charge in [-0.2, -0.15) is 44.6 Å². The summed E-state index contributed by atoms with van der Waals surface area (Å²) in [5.74, 6) is -0.970. The fourth-order valence-electron chi connectivity index (χ4n) is 4.21. The van der Waals surface area contributed by atoms with Crippen LogP contribution in [0.2, 0.25) is 0 Å². The molecule has 0 saturated heterocycles. The molecule has 1 amide bonds. The molecule has 0 aliphatic rings. The first-order valence-electron chi connectivity index (χ1n) is 13.0. The van der Waals surface area contributed by atoms with Gasteiger partial charge in [0.15, 0.2) is 5.65 Å². The zero-order chi connectivity index (χ0) is 32.9. The van der Waals surface area contributed by atoms with E-state index in [2.05, 4.69) is 21.6 Å². The van der Waals surface area contributed by atoms with Crippen LogP contribution in [0.5, 0.6) is 0 Å². The standard InChI is InChI=1S/C27H28F9N7O/c1-3-42(12-11-41(2)20(44)7-8-25(28,29)30)9-5-4-6-10-43-24-21(23(37)38-16-39-24)22(40-43)17-13-18(26(31,32)33)15-19(14-17)27(34,35)36/h3,7-8,13-16H,1,4-6,9-12H2,2H3,(H2,37,38,39)/b8-7+. The molecule has 0 atom stereocenters. The van der Waals surface area contributed by atoms with E-state index >= 15 is 0 Å². The monoisotopic (exact) mass is 637 g/mol. The van der Waals surface area contributed by atoms with Gasteiger partial charge in [-0.1, -0.05) is 6.58 Å². The summed E-state index contributed by atoms with van der Waals surface area (Å²) in [6, 6.07) is 1.15. The number of anilines is 1. The van der Waals surface area contributed by atoms with Crippen LogP contribution in [-0.2, 0) is 23.7 Å². The molecule has 240 valence electrons. The fourth-order valence-corrected chi connectivity index (χ4v) is 4.21. The Bertz CT molecular complexity index is 1460. The summed E-state index contributed by atoms with van der Waals surface area (Å²) in [4.78, 5) is 22.7. The highest BCUT2D eigenvalue weighted by atomic mass is 19.4. The van der Waals surface area contributed by atoms with Crippen molar-refractivity contribution in [2.24, 2.45) is 0 Å². The Morgan fingerprint density at radius 2 is 1.57 bits per heavy atom. The van der Waals surface area contributed by atoms with Crippen molar-refractivity contribution in [3.05, 3.63) is 60.6 Å². The highest BCUT2D eigenvalue weighted by Crippen LogP contribution is 2.40. The molecule has 0 fully saturated rings. The third-order valence-electron chi connectivity index (χ3n) is 6.51. The molecular weight excluding hydrogens is 609 g/mol. The van der Waals surface area contributed by atoms with Gasteiger partial charge < -0.3 is 15.5 Å². The summed E-state index contributed by atoms with van der Waals surface area (Å²) in [7, 11) is 1.37. The number of fused-ring (bicyclic) bond motifs is 1. The molecule has 44 heavy (non-hydrogen) atoms. The molecule has 1 aromatic carbocycles. The van der Waals surface area contributed by atoms with Gasteiger partial charge in [0.1, 0.15) is 17.8 Å². The van der Waals surface area contributed by atoms with Crippen LogP contribution >= 0.6 is 0 Å². The number of hydrogen-bond donors (Lipinski definition) is 1. The highest BCUT2D eigenvalue weighted by molar-refractivity contribution is 5.98. The number of amides is 1. The average Bonchev–Trinajstić information content (AvgIpc) is 3.31. The van der Waals surface area contributed by atoms with Gasteiger partial charge in [-0.3, -0.25) is 4.79 Å². The molecule has 0 aliphatic heterocycles. The van der Waals surface area contributed by atoms with Crippen LogP contribution in [-0.4, -0.2) is 68.3 Å². The van der Waals surface area contributed by atoms with Crippen molar-refractivity contribution in [1.29, 1.82) is 0 Å². The number of alkyl halides is 9. The maximum atomic E-state index is 13.5. The number of benzene rings is 1. The molecular formula is C27H28F9N7O. The molecule has 0 unspecified atom stereocenters. The molecule has 2 aromatic heterocycles. The van der Waals surface area contributed by atoms with Crippen LogP contribution in [0.3, 0.4) is 0 Å². The number of aromatic nitrogens is 4. The molecule has 0 aliphatic carbocycles. The number of carbonyl (C=O) groups is 1. The summed E-state index contributed by atoms with van der Waals surface area (Å²) in [6.45, 7) is 4.84. The van der Waals surface area contributed by atoms with Crippen LogP contribution in [0.25, 0.3) is 22.3 Å². The van der Waals surface area contributed by atoms with E-state index < -0.39 is 41.1 Å². The minimum atomic E-state index is -5.05. The molecule has 0 spiro atoms. The van der Waals surface area contributed by atoms with E-state index in [1.54, 1.807) is 4.90 Å². The first kappa shape index (κ1) is 34.2. The number of rotatable bonds is 12. The summed E-state index contributed by atoms with van der Waals surface area (Å²) in [5.41, 5.74) is 2.41. The average molecular weight is 638 g/mol. The van der Waals surface area contributed by atoms with E-state index in [4.69, 9.17) is 5.73 Å². The number of hydrogen-bond acceptors (Lipinski definition) is 6. The topological polar surface area (TPSA) is 93.2 Å². The predicted molar refractivity (Wildman–Crippen MR) is 144 cm³/mol. The second-order valence-electron chi connectivity index (χ2n) is 9.74. The minimum absolute atomic E-state index is 0.0153. The van der Waals surface area contributed by atoms with Gasteiger partial charge in [0.05, 0.1) is 16.5 Å². The van der Waals surface area contributed by atoms with Crippen molar-refractivity contribution in [1.82, 2.24) is 29.5 Å². The number of unbranched alkanes of at least 4 members (excludes halogenated alkanes) is 2. The molecule has 8 nitrogen and oxygen atoms in total. The van der Waals surface area contributed by atoms with Crippen LogP contribution in [0.15, 0.2) is 49.5 Å². The Morgan fingerprint density at radius 3 is 2.14 bits per heavy atom. The van der Waals surface area contributed by atoms with Gasteiger partial charge >= 0.3 is 18.5 Å². The SMILES string of the molecule is C=CN(CCCCCn1nc(-c2cc(C(F)(F)F)cc(C(F)(F)F)c2)c2c(N)ncnc21)CCN(C)C(=O)/C=C/C(F)(F)F. The number of halogens is 9. The number of allylic oxidation sites excluding steroid dienone is 1. The van der Waals surface area contributed by atoms with E-state index in [0.717, 1.165) is 11.2 Å². The molecule has 0 radical (unpaired) electrons. The quantitative estimate of drug-likeness (QED) is 0.142. The van der Waals surface area contributed by atoms with Crippen molar-refractivity contribution in [2.75, 3.05) is 32.4 Å². The van der Waals surface area contributed by atoms with E-state index in [1.807, 2.05) is 0 Å². The van der Waals surface area contributed by atoms with E-state index in [1.165, 1.54) is 17.9 Å². The van der Waals surface area contributed by atoms with Gasteiger partial charge in [0.25, 0.3) is 0 Å². The summed E-state index contributed by atoms with van der Waals surface area (Å²) in [5, 5.41) is 4.29. The van der Waals surface area contributed by atoms with Crippen molar-refractivity contribution < 1.29 is 44.3 Å². The van der Waals surface area contributed by atoms with Crippen LogP contribution in [0.4, 0.5) is 45.3 Å². The van der Waals surface area contributed by atoms with Gasteiger partial charge in [-0.25, -0.2) is 14.6 Å². The van der Waals surface area contributed by atoms with Crippen molar-refractivity contribution >= 4 is 22.8 Å². The lowest BCUT2D eigenvalue weighted by Gasteiger charge is -2.23. The summed E-state index contributed by atoms with van der Waals surface area (Å²) < 4.78 is 119. The first-order valence-corrected chi connectivity index (χ1v) is 13.0. The lowest BCUT2D eigenvalue weighted by atomic mass is 10.0. The molecule has 17 heteroatoms. The molecule has 0 bridgehead atoms. The largest absolute Gasteiger partial charge is 0.416 e. The summed E-state index contributed by atoms with van der Waals surface area (Å²) in [6.07, 6.45) is -10.0. The van der Waals surface area contributed by atoms with Crippen molar-refractivity contribution in [3.8, 4) is 11.3 Å². The zero-order valence-electron chi connectivity index (χ0n) is 23.3. The van der Waals surface area contributed by atoms with Crippen LogP contribution in [0, 0.1) is 0 Å². The Labute approximate surface area is 245 Å². The maximum Gasteiger partial charge on any atom is 0.416 e. The first-order chi connectivity index (χ1) is 20.4. The molecule has 0 saturated carbocycles. The lowest BCUT2D eigenvalue weighted by molar-refractivity contribution is -0.143. The minimum Gasteiger partial charge on any atom is -0.383 e. The highest BCUT2D eigenvalue weighted by Gasteiger charge is 2.37. The van der Waals surface area contributed by atoms with Gasteiger partial charge in [-0.05, 0) is 43.7 Å². The van der Waals surface area contributed by atoms with Crippen LogP contribution < -0.4 is 5.73 Å². The predicted octanol–water partition coefficient (Wildman–Crippen LogP) is 6.31. The van der Waals surface area contributed by atoms with Crippen molar-refractivity contribution in [3.63, 3.8) is 0 Å². The molecule has 2 N–H and O–H groups in total. The number of aryl methyl sites for hydroxylation is 1. The lowest BCUT2D eigenvalue weighted by Crippen LogP contribution is -2.34. The number of likely N-dealkylation sites (N-methyl/N-ethyl adjacent to an activating group) is 1. The number of nitrogen functional groups attached to an aromatic ring is 1. The number of nitrogens with zero attached hydrogens (tertiary/aromatic N) is 6. The fraction of sp³-hybridized carbons (Fsp3) is 0.407. The summed E-state index contributed by atoms with van der Waals surface area (Å²) >= 11 is 0. The Hall–Kier alpha value is -4.31. The number of nitrogens with two attached hydrogens (primary N) is 1. The van der Waals surface area contributed by atoms with Gasteiger partial charge in [0, 0.05) is 50.9 Å².